The van der Waals surface area contributed by atoms with Gasteiger partial charge in [-0.25, -0.2) is 0 Å². The third kappa shape index (κ3) is 10.7. The van der Waals surface area contributed by atoms with Gasteiger partial charge in [0.2, 0.25) is 0 Å². The van der Waals surface area contributed by atoms with Gasteiger partial charge in [0.05, 0.1) is 12.7 Å². The second-order valence-corrected chi connectivity index (χ2v) is 4.76. The fraction of sp³-hybridized carbons (Fsp3) is 1.00. The molecule has 0 aromatic heterocycles. The van der Waals surface area contributed by atoms with E-state index in [1.165, 1.54) is 25.7 Å². The molecule has 0 aliphatic carbocycles. The smallest absolute Gasteiger partial charge is 0.0671 e. The lowest BCUT2D eigenvalue weighted by atomic mass is 10.0. The van der Waals surface area contributed by atoms with Crippen molar-refractivity contribution in [1.82, 2.24) is 5.32 Å². The summed E-state index contributed by atoms with van der Waals surface area (Å²) in [7, 11) is 1.72. The van der Waals surface area contributed by atoms with Gasteiger partial charge in [-0.2, -0.15) is 0 Å². The Morgan fingerprint density at radius 1 is 1.24 bits per heavy atom. The highest BCUT2D eigenvalue weighted by Gasteiger charge is 2.08. The molecule has 0 saturated carbocycles. The van der Waals surface area contributed by atoms with Gasteiger partial charge in [0.1, 0.15) is 0 Å². The zero-order valence-corrected chi connectivity index (χ0v) is 12.1. The SMILES string of the molecule is CCCCC(CC)COC(C)CNCCOC. The lowest BCUT2D eigenvalue weighted by Gasteiger charge is -2.19. The van der Waals surface area contributed by atoms with E-state index in [4.69, 9.17) is 9.47 Å². The van der Waals surface area contributed by atoms with E-state index in [2.05, 4.69) is 26.1 Å². The highest BCUT2D eigenvalue weighted by Crippen LogP contribution is 2.13. The molecule has 0 radical (unpaired) electrons. The lowest BCUT2D eigenvalue weighted by molar-refractivity contribution is 0.0361. The Hall–Kier alpha value is -0.120. The van der Waals surface area contributed by atoms with E-state index in [9.17, 15) is 0 Å². The van der Waals surface area contributed by atoms with E-state index >= 15 is 0 Å². The summed E-state index contributed by atoms with van der Waals surface area (Å²) in [5, 5.41) is 3.32. The second kappa shape index (κ2) is 12.3. The Bertz CT molecular complexity index is 153. The molecule has 0 saturated heterocycles. The van der Waals surface area contributed by atoms with Gasteiger partial charge in [0.25, 0.3) is 0 Å². The molecule has 2 unspecified atom stereocenters. The number of methoxy groups -OCH3 is 1. The predicted octanol–water partition coefficient (Wildman–Crippen LogP) is 2.84. The zero-order valence-electron chi connectivity index (χ0n) is 12.1. The van der Waals surface area contributed by atoms with Gasteiger partial charge in [0, 0.05) is 26.8 Å². The predicted molar refractivity (Wildman–Crippen MR) is 73.5 cm³/mol. The molecule has 2 atom stereocenters. The van der Waals surface area contributed by atoms with E-state index < -0.39 is 0 Å². The van der Waals surface area contributed by atoms with Gasteiger partial charge >= 0.3 is 0 Å². The number of ether oxygens (including phenoxy) is 2. The minimum atomic E-state index is 0.294. The standard InChI is InChI=1S/C14H31NO2/c1-5-7-8-14(6-2)12-17-13(3)11-15-9-10-16-4/h13-15H,5-12H2,1-4H3. The number of nitrogens with one attached hydrogen (secondary N) is 1. The highest BCUT2D eigenvalue weighted by molar-refractivity contribution is 4.60. The van der Waals surface area contributed by atoms with E-state index in [0.29, 0.717) is 6.10 Å². The Kier molecular flexibility index (Phi) is 12.3. The first-order chi connectivity index (χ1) is 8.24. The molecule has 0 heterocycles. The molecule has 0 fully saturated rings. The van der Waals surface area contributed by atoms with Gasteiger partial charge in [-0.1, -0.05) is 33.1 Å². The molecule has 3 heteroatoms. The number of unbranched alkanes of at least 4 members (excludes halogenated alkanes) is 1. The van der Waals surface area contributed by atoms with Crippen LogP contribution in [-0.4, -0.2) is 39.5 Å². The van der Waals surface area contributed by atoms with Crippen LogP contribution in [0.3, 0.4) is 0 Å². The molecule has 3 nitrogen and oxygen atoms in total. The van der Waals surface area contributed by atoms with Crippen LogP contribution in [0, 0.1) is 5.92 Å². The summed E-state index contributed by atoms with van der Waals surface area (Å²) in [6, 6.07) is 0. The minimum absolute atomic E-state index is 0.294. The summed E-state index contributed by atoms with van der Waals surface area (Å²) < 4.78 is 10.8. The second-order valence-electron chi connectivity index (χ2n) is 4.76. The summed E-state index contributed by atoms with van der Waals surface area (Å²) in [5.74, 6) is 0.733. The summed E-state index contributed by atoms with van der Waals surface area (Å²) in [5.41, 5.74) is 0. The maximum Gasteiger partial charge on any atom is 0.0671 e. The Balaban J connectivity index is 3.48. The molecular weight excluding hydrogens is 214 g/mol. The maximum absolute atomic E-state index is 5.87. The molecule has 0 aliphatic rings. The van der Waals surface area contributed by atoms with Crippen LogP contribution in [0.25, 0.3) is 0 Å². The number of hydrogen-bond donors (Lipinski definition) is 1. The van der Waals surface area contributed by atoms with Gasteiger partial charge in [-0.3, -0.25) is 0 Å². The van der Waals surface area contributed by atoms with Crippen molar-refractivity contribution in [2.75, 3.05) is 33.4 Å². The van der Waals surface area contributed by atoms with Gasteiger partial charge in [-0.15, -0.1) is 0 Å². The lowest BCUT2D eigenvalue weighted by Crippen LogP contribution is -2.30. The van der Waals surface area contributed by atoms with Crippen molar-refractivity contribution < 1.29 is 9.47 Å². The average Bonchev–Trinajstić information content (AvgIpc) is 2.35. The molecule has 17 heavy (non-hydrogen) atoms. The molecule has 0 spiro atoms. The van der Waals surface area contributed by atoms with Gasteiger partial charge < -0.3 is 14.8 Å². The van der Waals surface area contributed by atoms with Crippen molar-refractivity contribution >= 4 is 0 Å². The van der Waals surface area contributed by atoms with Gasteiger partial charge in [-0.05, 0) is 19.3 Å². The van der Waals surface area contributed by atoms with Crippen LogP contribution in [0.15, 0.2) is 0 Å². The van der Waals surface area contributed by atoms with Crippen LogP contribution in [-0.2, 0) is 9.47 Å². The fourth-order valence-electron chi connectivity index (χ4n) is 1.74. The number of hydrogen-bond acceptors (Lipinski definition) is 3. The average molecular weight is 245 g/mol. The van der Waals surface area contributed by atoms with Crippen molar-refractivity contribution in [2.24, 2.45) is 5.92 Å². The van der Waals surface area contributed by atoms with Crippen molar-refractivity contribution in [2.45, 2.75) is 52.6 Å². The molecule has 0 aromatic carbocycles. The third-order valence-electron chi connectivity index (χ3n) is 3.07. The van der Waals surface area contributed by atoms with Crippen LogP contribution in [0.2, 0.25) is 0 Å². The van der Waals surface area contributed by atoms with Crippen LogP contribution >= 0.6 is 0 Å². The van der Waals surface area contributed by atoms with Crippen molar-refractivity contribution in [3.8, 4) is 0 Å². The van der Waals surface area contributed by atoms with E-state index in [-0.39, 0.29) is 0 Å². The zero-order chi connectivity index (χ0) is 12.9. The van der Waals surface area contributed by atoms with E-state index in [1.807, 2.05) is 0 Å². The first kappa shape index (κ1) is 16.9. The number of rotatable bonds is 12. The van der Waals surface area contributed by atoms with Crippen LogP contribution in [0.5, 0.6) is 0 Å². The molecule has 0 aromatic rings. The molecule has 0 rings (SSSR count). The van der Waals surface area contributed by atoms with Gasteiger partial charge in [0.15, 0.2) is 0 Å². The summed E-state index contributed by atoms with van der Waals surface area (Å²) in [4.78, 5) is 0. The minimum Gasteiger partial charge on any atom is -0.383 e. The van der Waals surface area contributed by atoms with Crippen LogP contribution in [0.4, 0.5) is 0 Å². The van der Waals surface area contributed by atoms with Crippen molar-refractivity contribution in [3.05, 3.63) is 0 Å². The quantitative estimate of drug-likeness (QED) is 0.536. The molecule has 104 valence electrons. The first-order valence-electron chi connectivity index (χ1n) is 7.05. The highest BCUT2D eigenvalue weighted by atomic mass is 16.5. The normalized spacial score (nSPS) is 14.8. The van der Waals surface area contributed by atoms with E-state index in [0.717, 1.165) is 32.2 Å². The maximum atomic E-state index is 5.87. The summed E-state index contributed by atoms with van der Waals surface area (Å²) >= 11 is 0. The molecule has 0 amide bonds. The summed E-state index contributed by atoms with van der Waals surface area (Å²) in [6.45, 7) is 10.1. The summed E-state index contributed by atoms with van der Waals surface area (Å²) in [6.07, 6.45) is 5.43. The topological polar surface area (TPSA) is 30.5 Å². The Morgan fingerprint density at radius 3 is 2.59 bits per heavy atom. The molecule has 1 N–H and O–H groups in total. The molecular formula is C14H31NO2. The Labute approximate surface area is 107 Å². The molecule has 0 aliphatic heterocycles. The van der Waals surface area contributed by atoms with Crippen LogP contribution in [0.1, 0.15) is 46.5 Å². The van der Waals surface area contributed by atoms with Crippen molar-refractivity contribution in [3.63, 3.8) is 0 Å². The first-order valence-corrected chi connectivity index (χ1v) is 7.05. The van der Waals surface area contributed by atoms with Crippen LogP contribution < -0.4 is 5.32 Å². The molecule has 0 bridgehead atoms. The van der Waals surface area contributed by atoms with Crippen molar-refractivity contribution in [1.29, 1.82) is 0 Å². The monoisotopic (exact) mass is 245 g/mol. The largest absolute Gasteiger partial charge is 0.383 e. The Morgan fingerprint density at radius 2 is 2.00 bits per heavy atom. The van der Waals surface area contributed by atoms with E-state index in [1.54, 1.807) is 7.11 Å². The fourth-order valence-corrected chi connectivity index (χ4v) is 1.74. The third-order valence-corrected chi connectivity index (χ3v) is 3.07.